The van der Waals surface area contributed by atoms with Gasteiger partial charge in [-0.1, -0.05) is 243 Å². The summed E-state index contributed by atoms with van der Waals surface area (Å²) in [7, 11) is -49.8. The number of non-ortho nitro benzene ring substituents is 2. The Balaban J connectivity index is 1.02. The zero-order chi connectivity index (χ0) is 69.6. The summed E-state index contributed by atoms with van der Waals surface area (Å²) >= 11 is 0. The Bertz CT molecular complexity index is 4440. The predicted molar refractivity (Wildman–Crippen MR) is 395 cm³/mol. The molecule has 10 aromatic rings. The summed E-state index contributed by atoms with van der Waals surface area (Å²) in [5.74, 6) is 0.846. The van der Waals surface area contributed by atoms with E-state index in [9.17, 15) is 20.2 Å². The maximum Gasteiger partial charge on any atom is 0.524 e. The second kappa shape index (κ2) is 25.5. The molecule has 0 N–H and O–H groups in total. The second-order valence-electron chi connectivity index (χ2n) is 26.0. The number of hydrogen-bond donors (Lipinski definition) is 0. The van der Waals surface area contributed by atoms with Gasteiger partial charge in [0.15, 0.2) is 0 Å². The SMILES string of the molecule is C[Si]1(CCCOc2ccc([N+](=O)[O-])cc2)O[Si]2(c3ccccc3)OC34O[Si](c5ccccc5)(O2)O[Si]2(c5ccccc5)O[Si](C)(CCCOc5ccc([N+](=O)[O-])cc5)O[Si]5(c6ccccc6)OC6(O[Si](c7ccccc7)(O5)O[Si](c5ccccc5)(O1)O[Si]63c1ccccc1)[Si]4(c1ccccc1)O2. The average molecular weight is 1540 g/mol. The van der Waals surface area contributed by atoms with Crippen LogP contribution in [0, 0.1) is 20.2 Å². The number of ether oxygens (including phenoxy) is 2. The van der Waals surface area contributed by atoms with Crippen molar-refractivity contribution in [3.8, 4) is 11.5 Å². The van der Waals surface area contributed by atoms with Gasteiger partial charge in [-0.15, -0.1) is 0 Å². The molecule has 8 unspecified atom stereocenters. The van der Waals surface area contributed by atoms with Crippen LogP contribution in [0.25, 0.3) is 0 Å². The first kappa shape index (κ1) is 67.4. The fourth-order valence-corrected chi connectivity index (χ4v) is 79.8. The molecule has 17 rings (SSSR count). The molecule has 7 aliphatic heterocycles. The second-order valence-corrected chi connectivity index (χ2v) is 58.1. The van der Waals surface area contributed by atoms with E-state index < -0.39 is 106 Å². The first-order valence-corrected chi connectivity index (χ1v) is 52.7. The van der Waals surface area contributed by atoms with Crippen molar-refractivity contribution < 1.29 is 78.2 Å². The Kier molecular flexibility index (Phi) is 16.9. The predicted octanol–water partition coefficient (Wildman–Crippen LogP) is 7.54. The average Bonchev–Trinajstić information content (AvgIpc) is 1.21. The maximum absolute atomic E-state index is 11.8. The Morgan fingerprint density at radius 3 is 0.784 bits per heavy atom. The van der Waals surface area contributed by atoms with Crippen LogP contribution in [0.3, 0.4) is 0 Å². The Labute approximate surface area is 597 Å². The van der Waals surface area contributed by atoms with Gasteiger partial charge >= 0.3 is 86.6 Å². The molecule has 2 spiro atoms. The molecular formula is C70H66N2O20Si10. The number of hydrogen-bond acceptors (Lipinski definition) is 20. The zero-order valence-corrected chi connectivity index (χ0v) is 65.0. The quantitative estimate of drug-likeness (QED) is 0.0310. The summed E-state index contributed by atoms with van der Waals surface area (Å²) in [4.78, 5) is 22.7. The van der Waals surface area contributed by atoms with Crippen LogP contribution in [0.5, 0.6) is 11.5 Å². The van der Waals surface area contributed by atoms with Gasteiger partial charge in [-0.05, 0) is 72.7 Å². The van der Waals surface area contributed by atoms with E-state index in [2.05, 4.69) is 0 Å². The minimum atomic E-state index is -5.29. The van der Waals surface area contributed by atoms with Gasteiger partial charge in [0, 0.05) is 55.4 Å². The summed E-state index contributed by atoms with van der Waals surface area (Å²) in [6.45, 7) is 4.18. The minimum absolute atomic E-state index is 0.0730. The van der Waals surface area contributed by atoms with Crippen molar-refractivity contribution in [1.29, 1.82) is 0 Å². The molecule has 10 bridgehead atoms. The van der Waals surface area contributed by atoms with Crippen molar-refractivity contribution in [1.82, 2.24) is 0 Å². The number of nitrogens with zero attached hydrogens (tertiary/aromatic N) is 2. The summed E-state index contributed by atoms with van der Waals surface area (Å²) in [6.07, 6.45) is 0.591. The van der Waals surface area contributed by atoms with E-state index in [1.807, 2.05) is 256 Å². The van der Waals surface area contributed by atoms with Gasteiger partial charge in [-0.25, -0.2) is 0 Å². The van der Waals surface area contributed by atoms with Crippen molar-refractivity contribution in [2.75, 3.05) is 13.2 Å². The van der Waals surface area contributed by atoms with E-state index in [0.717, 1.165) is 0 Å². The lowest BCUT2D eigenvalue weighted by Crippen LogP contribution is -3.14. The highest BCUT2D eigenvalue weighted by Crippen LogP contribution is 2.70. The van der Waals surface area contributed by atoms with Gasteiger partial charge in [0.05, 0.1) is 23.1 Å². The van der Waals surface area contributed by atoms with Crippen molar-refractivity contribution >= 4 is 139 Å². The molecule has 516 valence electrons. The van der Waals surface area contributed by atoms with Gasteiger partial charge in [-0.3, -0.25) is 20.2 Å². The van der Waals surface area contributed by atoms with Crippen LogP contribution in [0.2, 0.25) is 25.2 Å². The van der Waals surface area contributed by atoms with E-state index in [0.29, 0.717) is 65.8 Å². The number of nitro groups is 2. The summed E-state index contributed by atoms with van der Waals surface area (Å²) in [5, 5.41) is 23.4. The molecule has 7 saturated heterocycles. The topological polar surface area (TPSA) is 234 Å². The lowest BCUT2D eigenvalue weighted by atomic mass is 10.3. The minimum Gasteiger partial charge on any atom is -0.494 e. The van der Waals surface area contributed by atoms with Crippen molar-refractivity contribution in [2.45, 2.75) is 48.1 Å². The summed E-state index contributed by atoms with van der Waals surface area (Å²) < 4.78 is 135. The molecule has 0 aliphatic carbocycles. The first-order valence-electron chi connectivity index (χ1n) is 33.5. The zero-order valence-electron chi connectivity index (χ0n) is 55.0. The number of benzene rings is 10. The monoisotopic (exact) mass is 1530 g/mol. The number of rotatable bonds is 20. The van der Waals surface area contributed by atoms with Crippen LogP contribution in [-0.4, -0.2) is 120 Å². The van der Waals surface area contributed by atoms with Crippen LogP contribution in [0.4, 0.5) is 11.4 Å². The third-order valence-corrected chi connectivity index (χ3v) is 67.4. The molecule has 0 saturated carbocycles. The standard InChI is InChI=1S/C70H66N2O20Si10/c1-93(55-27-53-77-59-49-45-57(46-50-59)71(73)74)83-97(63-33-15-5-16-34-63)79-69-81-99(89-97,65-37-19-7-20-38-65)92-102(68-43-25-10-26-44-68)86-94(2,56-28-54-78-60-51-47-58(48-52-60)72(75)76)84-98(64-35-17-6-18-36-64)80-70(96(69,88-102)62-31-13-4-14-32-62)82-100(90-98,66-39-21-8-22-40-66)91-101(85-93,67-41-23-9-24-42-67)87-95(69,70)61-29-11-3-12-30-61/h3-26,29-52H,27-28,53-56H2,1-2H3. The molecule has 0 radical (unpaired) electrons. The number of fused-ring (bicyclic) bond motifs is 6. The summed E-state index contributed by atoms with van der Waals surface area (Å²) in [6, 6.07) is 90.1. The fraction of sp³-hybridized carbons (Fsp3) is 0.143. The van der Waals surface area contributed by atoms with Crippen LogP contribution in [0.15, 0.2) is 291 Å². The molecule has 22 nitrogen and oxygen atoms in total. The van der Waals surface area contributed by atoms with Crippen LogP contribution >= 0.6 is 0 Å². The molecule has 0 aromatic heterocycles. The van der Waals surface area contributed by atoms with Crippen molar-refractivity contribution in [3.63, 3.8) is 0 Å². The molecule has 32 heteroatoms. The first-order chi connectivity index (χ1) is 49.5. The Hall–Kier alpha value is -7.79. The third-order valence-electron chi connectivity index (χ3n) is 19.3. The van der Waals surface area contributed by atoms with E-state index in [1.165, 1.54) is 24.3 Å². The normalized spacial score (nSPS) is 33.1. The smallest absolute Gasteiger partial charge is 0.494 e. The molecule has 10 aromatic carbocycles. The molecule has 8 atom stereocenters. The maximum atomic E-state index is 11.8. The largest absolute Gasteiger partial charge is 0.524 e. The Morgan fingerprint density at radius 1 is 0.294 bits per heavy atom. The van der Waals surface area contributed by atoms with Crippen molar-refractivity contribution in [3.05, 3.63) is 311 Å². The van der Waals surface area contributed by atoms with E-state index in [1.54, 1.807) is 24.3 Å². The highest BCUT2D eigenvalue weighted by atomic mass is 28.6. The van der Waals surface area contributed by atoms with Gasteiger partial charge in [-0.2, -0.15) is 0 Å². The Morgan fingerprint density at radius 2 is 0.520 bits per heavy atom. The fourth-order valence-electron chi connectivity index (χ4n) is 15.0. The molecule has 102 heavy (non-hydrogen) atoms. The molecular weight excluding hydrogens is 1470 g/mol. The van der Waals surface area contributed by atoms with Gasteiger partial charge in [0.25, 0.3) is 11.4 Å². The molecule has 7 heterocycles. The lowest BCUT2D eigenvalue weighted by Gasteiger charge is -2.76. The molecule has 7 fully saturated rings. The highest BCUT2D eigenvalue weighted by molar-refractivity contribution is 7.30. The van der Waals surface area contributed by atoms with Crippen LogP contribution < -0.4 is 51.0 Å². The van der Waals surface area contributed by atoms with E-state index in [4.69, 9.17) is 68.3 Å². The van der Waals surface area contributed by atoms with Crippen LogP contribution in [0.1, 0.15) is 12.8 Å². The third kappa shape index (κ3) is 10.7. The van der Waals surface area contributed by atoms with Gasteiger partial charge in [0.2, 0.25) is 10.1 Å². The lowest BCUT2D eigenvalue weighted by molar-refractivity contribution is -0.385. The van der Waals surface area contributed by atoms with Crippen LogP contribution in [-0.2, 0) is 58.9 Å². The highest BCUT2D eigenvalue weighted by Gasteiger charge is 3.08. The van der Waals surface area contributed by atoms with Crippen molar-refractivity contribution in [2.24, 2.45) is 0 Å². The van der Waals surface area contributed by atoms with E-state index >= 15 is 0 Å². The van der Waals surface area contributed by atoms with Gasteiger partial charge in [0.1, 0.15) is 11.5 Å². The van der Waals surface area contributed by atoms with E-state index in [-0.39, 0.29) is 36.7 Å². The molecule has 7 aliphatic rings. The molecule has 0 amide bonds. The number of nitro benzene ring substituents is 2. The van der Waals surface area contributed by atoms with Gasteiger partial charge < -0.3 is 68.3 Å². The summed E-state index contributed by atoms with van der Waals surface area (Å²) in [5.41, 5.74) is -0.146.